The first-order valence-electron chi connectivity index (χ1n) is 16.6. The summed E-state index contributed by atoms with van der Waals surface area (Å²) >= 11 is 0. The van der Waals surface area contributed by atoms with Crippen molar-refractivity contribution in [3.8, 4) is 0 Å². The number of pyridine rings is 2. The van der Waals surface area contributed by atoms with Gasteiger partial charge in [0.15, 0.2) is 0 Å². The van der Waals surface area contributed by atoms with E-state index < -0.39 is 0 Å². The summed E-state index contributed by atoms with van der Waals surface area (Å²) < 4.78 is 4.94. The fourth-order valence-electron chi connectivity index (χ4n) is 5.20. The van der Waals surface area contributed by atoms with Crippen LogP contribution in [0, 0.1) is 60.8 Å². The molecule has 2 aromatic carbocycles. The average Bonchev–Trinajstić information content (AvgIpc) is 3.58. The maximum Gasteiger partial charge on any atom is 3.00 e. The van der Waals surface area contributed by atoms with Gasteiger partial charge in [-0.2, -0.15) is 0 Å². The third kappa shape index (κ3) is 14.1. The molecule has 0 unspecified atom stereocenters. The molecule has 3 heterocycles. The second-order valence-corrected chi connectivity index (χ2v) is 13.0. The number of ether oxygens (including phenoxy) is 1. The average molecular weight is 907 g/mol. The molecule has 0 aliphatic carbocycles. The van der Waals surface area contributed by atoms with Crippen molar-refractivity contribution in [2.24, 2.45) is 0 Å². The van der Waals surface area contributed by atoms with E-state index >= 15 is 0 Å². The SMILES string of the molecule is C1CCOC1.Cc1cccc([N-]c2c(C(C)C)cccc2C(C)C)n1.Cc1cccc([N-]c2c(C(C)C)cccc2C(C)C)n1.[I-].[Yb+3]. The fraction of sp³-hybridized carbons (Fsp3) is 0.450. The maximum absolute atomic E-state index is 4.94. The van der Waals surface area contributed by atoms with E-state index in [1.165, 1.54) is 35.1 Å². The monoisotopic (exact) mass is 907 g/mol. The number of hydrogen-bond donors (Lipinski definition) is 0. The van der Waals surface area contributed by atoms with Crippen LogP contribution in [-0.2, 0) is 4.74 Å². The van der Waals surface area contributed by atoms with E-state index in [0.717, 1.165) is 47.6 Å². The molecule has 0 N–H and O–H groups in total. The number of hydrogen-bond acceptors (Lipinski definition) is 3. The fourth-order valence-corrected chi connectivity index (χ4v) is 5.20. The predicted molar refractivity (Wildman–Crippen MR) is 193 cm³/mol. The Balaban J connectivity index is 0.000000394. The van der Waals surface area contributed by atoms with Crippen LogP contribution in [0.3, 0.4) is 0 Å². The summed E-state index contributed by atoms with van der Waals surface area (Å²) in [7, 11) is 0. The van der Waals surface area contributed by atoms with Gasteiger partial charge in [-0.15, -0.1) is 0 Å². The number of aryl methyl sites for hydroxylation is 2. The van der Waals surface area contributed by atoms with E-state index in [0.29, 0.717) is 23.7 Å². The van der Waals surface area contributed by atoms with Crippen LogP contribution in [0.15, 0.2) is 72.8 Å². The van der Waals surface area contributed by atoms with E-state index in [9.17, 15) is 0 Å². The third-order valence-electron chi connectivity index (χ3n) is 7.71. The number of nitrogens with zero attached hydrogens (tertiary/aromatic N) is 4. The minimum atomic E-state index is 0. The molecule has 0 bridgehead atoms. The van der Waals surface area contributed by atoms with Gasteiger partial charge in [0.25, 0.3) is 0 Å². The first kappa shape index (κ1) is 43.6. The van der Waals surface area contributed by atoms with Crippen molar-refractivity contribution in [1.29, 1.82) is 0 Å². The predicted octanol–water partition coefficient (Wildman–Crippen LogP) is 9.75. The molecule has 4 aromatic rings. The Labute approximate surface area is 341 Å². The van der Waals surface area contributed by atoms with Crippen LogP contribution in [-0.4, -0.2) is 23.2 Å². The minimum absolute atomic E-state index is 0. The number of aromatic nitrogens is 2. The van der Waals surface area contributed by atoms with Crippen LogP contribution in [0.1, 0.15) is 126 Å². The molecule has 1 fully saturated rings. The summed E-state index contributed by atoms with van der Waals surface area (Å²) in [5.74, 6) is 3.41. The molecule has 5 nitrogen and oxygen atoms in total. The molecular formula is C40H54IN4OYb. The zero-order valence-electron chi connectivity index (χ0n) is 29.9. The van der Waals surface area contributed by atoms with Gasteiger partial charge in [0, 0.05) is 13.2 Å². The summed E-state index contributed by atoms with van der Waals surface area (Å²) in [5, 5.41) is 9.67. The summed E-state index contributed by atoms with van der Waals surface area (Å²) in [6.07, 6.45) is 2.56. The van der Waals surface area contributed by atoms with E-state index in [1.54, 1.807) is 0 Å². The quantitative estimate of drug-likeness (QED) is 0.166. The third-order valence-corrected chi connectivity index (χ3v) is 7.71. The zero-order valence-corrected chi connectivity index (χ0v) is 33.8. The molecule has 5 rings (SSSR count). The molecule has 7 heteroatoms. The van der Waals surface area contributed by atoms with Crippen molar-refractivity contribution in [2.45, 2.75) is 106 Å². The van der Waals surface area contributed by atoms with Crippen LogP contribution in [0.25, 0.3) is 10.6 Å². The largest absolute Gasteiger partial charge is 3.00 e. The van der Waals surface area contributed by atoms with Gasteiger partial charge in [-0.05, 0) is 84.0 Å². The van der Waals surface area contributed by atoms with Crippen molar-refractivity contribution >= 4 is 23.0 Å². The van der Waals surface area contributed by atoms with Gasteiger partial charge in [-0.1, -0.05) is 151 Å². The molecular weight excluding hydrogens is 852 g/mol. The Morgan fingerprint density at radius 1 is 0.511 bits per heavy atom. The molecule has 0 spiro atoms. The van der Waals surface area contributed by atoms with Gasteiger partial charge < -0.3 is 49.3 Å². The first-order valence-corrected chi connectivity index (χ1v) is 16.6. The Morgan fingerprint density at radius 2 is 0.809 bits per heavy atom. The van der Waals surface area contributed by atoms with Crippen LogP contribution >= 0.6 is 0 Å². The Morgan fingerprint density at radius 3 is 1.04 bits per heavy atom. The number of halogens is 1. The van der Waals surface area contributed by atoms with Crippen molar-refractivity contribution in [3.05, 3.63) is 117 Å². The summed E-state index contributed by atoms with van der Waals surface area (Å²) in [6.45, 7) is 23.7. The summed E-state index contributed by atoms with van der Waals surface area (Å²) in [4.78, 5) is 9.01. The molecule has 261 valence electrons. The molecule has 0 atom stereocenters. The molecule has 1 aliphatic heterocycles. The zero-order chi connectivity index (χ0) is 32.9. The van der Waals surface area contributed by atoms with Crippen LogP contribution < -0.4 is 24.0 Å². The van der Waals surface area contributed by atoms with Crippen LogP contribution in [0.5, 0.6) is 0 Å². The van der Waals surface area contributed by atoms with Gasteiger partial charge >= 0.3 is 46.9 Å². The Bertz CT molecular complexity index is 1320. The molecule has 0 saturated carbocycles. The van der Waals surface area contributed by atoms with Crippen molar-refractivity contribution < 1.29 is 75.6 Å². The normalized spacial score (nSPS) is 12.0. The molecule has 1 aliphatic rings. The van der Waals surface area contributed by atoms with E-state index in [1.807, 2.05) is 50.2 Å². The molecule has 2 aromatic heterocycles. The Kier molecular flexibility index (Phi) is 20.7. The van der Waals surface area contributed by atoms with E-state index in [2.05, 4.69) is 102 Å². The van der Waals surface area contributed by atoms with Crippen LogP contribution in [0.2, 0.25) is 0 Å². The number of para-hydroxylation sites is 2. The maximum atomic E-state index is 4.94. The second-order valence-electron chi connectivity index (χ2n) is 13.0. The van der Waals surface area contributed by atoms with Crippen LogP contribution in [0.4, 0.5) is 23.0 Å². The van der Waals surface area contributed by atoms with Crippen molar-refractivity contribution in [2.75, 3.05) is 13.2 Å². The van der Waals surface area contributed by atoms with Gasteiger partial charge in [0.1, 0.15) is 0 Å². The molecule has 47 heavy (non-hydrogen) atoms. The van der Waals surface area contributed by atoms with E-state index in [4.69, 9.17) is 15.4 Å². The first-order chi connectivity index (χ1) is 21.5. The summed E-state index contributed by atoms with van der Waals surface area (Å²) in [5.41, 5.74) is 9.35. The Hall–Kier alpha value is -1.45. The number of rotatable bonds is 8. The molecule has 1 radical (unpaired) electrons. The molecule has 0 amide bonds. The topological polar surface area (TPSA) is 63.2 Å². The summed E-state index contributed by atoms with van der Waals surface area (Å²) in [6, 6.07) is 24.9. The number of benzene rings is 2. The van der Waals surface area contributed by atoms with Gasteiger partial charge in [-0.3, -0.25) is 0 Å². The second kappa shape index (κ2) is 22.3. The molecule has 1 saturated heterocycles. The van der Waals surface area contributed by atoms with Crippen molar-refractivity contribution in [1.82, 2.24) is 9.97 Å². The van der Waals surface area contributed by atoms with Gasteiger partial charge in [-0.25, -0.2) is 0 Å². The van der Waals surface area contributed by atoms with E-state index in [-0.39, 0.29) is 70.9 Å². The minimum Gasteiger partial charge on any atom is -1.00 e. The van der Waals surface area contributed by atoms with Crippen molar-refractivity contribution in [3.63, 3.8) is 0 Å². The smallest absolute Gasteiger partial charge is 1.00 e. The standard InChI is InChI=1S/2C18H23N2.C4H8O.HI.Yb/c2*1-12(2)15-9-7-10-16(13(3)4)18(15)20-17-11-6-8-14(5)19-17;1-2-4-5-3-1;;/h2*6-13H,1-5H3;1-4H2;1H;/q2*-1;;;+3/p-1. The van der Waals surface area contributed by atoms with Gasteiger partial charge in [0.05, 0.1) is 0 Å². The van der Waals surface area contributed by atoms with Gasteiger partial charge in [0.2, 0.25) is 0 Å².